The van der Waals surface area contributed by atoms with Crippen LogP contribution >= 0.6 is 12.2 Å². The molecular formula is C18H22N2S. The van der Waals surface area contributed by atoms with Crippen LogP contribution < -0.4 is 10.6 Å². The van der Waals surface area contributed by atoms with Gasteiger partial charge in [0.05, 0.1) is 6.04 Å². The van der Waals surface area contributed by atoms with Gasteiger partial charge in [0.1, 0.15) is 0 Å². The zero-order valence-corrected chi connectivity index (χ0v) is 13.6. The molecule has 2 aromatic rings. The number of hydrogen-bond acceptors (Lipinski definition) is 1. The predicted octanol–water partition coefficient (Wildman–Crippen LogP) is 4.86. The van der Waals surface area contributed by atoms with Crippen molar-refractivity contribution >= 4 is 23.0 Å². The molecule has 110 valence electrons. The highest BCUT2D eigenvalue weighted by Gasteiger charge is 2.09. The Morgan fingerprint density at radius 3 is 2.19 bits per heavy atom. The topological polar surface area (TPSA) is 24.1 Å². The molecule has 2 N–H and O–H groups in total. The smallest absolute Gasteiger partial charge is 0.171 e. The molecule has 0 saturated carbocycles. The van der Waals surface area contributed by atoms with Gasteiger partial charge in [-0.15, -0.1) is 0 Å². The molecule has 0 aromatic heterocycles. The Bertz CT molecular complexity index is 593. The fourth-order valence-electron chi connectivity index (χ4n) is 2.29. The van der Waals surface area contributed by atoms with Crippen molar-refractivity contribution in [3.05, 3.63) is 65.7 Å². The molecule has 0 unspecified atom stereocenters. The van der Waals surface area contributed by atoms with Gasteiger partial charge in [-0.1, -0.05) is 62.4 Å². The molecule has 0 saturated heterocycles. The van der Waals surface area contributed by atoms with Crippen LogP contribution in [0.25, 0.3) is 0 Å². The van der Waals surface area contributed by atoms with Gasteiger partial charge >= 0.3 is 0 Å². The van der Waals surface area contributed by atoms with E-state index in [-0.39, 0.29) is 6.04 Å². The van der Waals surface area contributed by atoms with Crippen LogP contribution in [-0.4, -0.2) is 5.11 Å². The molecule has 2 aromatic carbocycles. The summed E-state index contributed by atoms with van der Waals surface area (Å²) in [6, 6.07) is 18.8. The fourth-order valence-corrected chi connectivity index (χ4v) is 2.58. The summed E-state index contributed by atoms with van der Waals surface area (Å²) >= 11 is 5.44. The standard InChI is InChI=1S/C18H22N2S/c1-13(2)16-11-7-8-12-17(16)20-18(21)19-14(3)15-9-5-4-6-10-15/h4-14H,1-3H3,(H2,19,20,21)/t14-/m0/s1. The SMILES string of the molecule is CC(C)c1ccccc1NC(=S)N[C@@H](C)c1ccccc1. The van der Waals surface area contributed by atoms with Gasteiger partial charge in [0, 0.05) is 5.69 Å². The second-order valence-corrected chi connectivity index (χ2v) is 5.88. The number of para-hydroxylation sites is 1. The van der Waals surface area contributed by atoms with E-state index < -0.39 is 0 Å². The maximum absolute atomic E-state index is 5.44. The van der Waals surface area contributed by atoms with E-state index in [9.17, 15) is 0 Å². The van der Waals surface area contributed by atoms with Crippen LogP contribution in [0.1, 0.15) is 43.9 Å². The largest absolute Gasteiger partial charge is 0.356 e. The van der Waals surface area contributed by atoms with Gasteiger partial charge in [-0.25, -0.2) is 0 Å². The Morgan fingerprint density at radius 1 is 0.905 bits per heavy atom. The minimum Gasteiger partial charge on any atom is -0.356 e. The monoisotopic (exact) mass is 298 g/mol. The molecule has 0 bridgehead atoms. The van der Waals surface area contributed by atoms with Crippen LogP contribution in [-0.2, 0) is 0 Å². The number of benzene rings is 2. The van der Waals surface area contributed by atoms with Crippen molar-refractivity contribution in [1.82, 2.24) is 5.32 Å². The summed E-state index contributed by atoms with van der Waals surface area (Å²) in [6.45, 7) is 6.48. The molecule has 0 amide bonds. The summed E-state index contributed by atoms with van der Waals surface area (Å²) in [5, 5.41) is 7.30. The van der Waals surface area contributed by atoms with Crippen molar-refractivity contribution in [3.63, 3.8) is 0 Å². The van der Waals surface area contributed by atoms with Gasteiger partial charge in [-0.3, -0.25) is 0 Å². The molecule has 0 spiro atoms. The van der Waals surface area contributed by atoms with E-state index in [1.165, 1.54) is 11.1 Å². The van der Waals surface area contributed by atoms with E-state index in [4.69, 9.17) is 12.2 Å². The molecule has 0 heterocycles. The lowest BCUT2D eigenvalue weighted by Gasteiger charge is -2.19. The first-order chi connectivity index (χ1) is 10.1. The van der Waals surface area contributed by atoms with Gasteiger partial charge in [0.15, 0.2) is 5.11 Å². The third kappa shape index (κ3) is 4.30. The molecule has 2 rings (SSSR count). The van der Waals surface area contributed by atoms with Gasteiger partial charge in [-0.05, 0) is 42.3 Å². The lowest BCUT2D eigenvalue weighted by atomic mass is 10.0. The van der Waals surface area contributed by atoms with Gasteiger partial charge in [0.25, 0.3) is 0 Å². The second kappa shape index (κ2) is 7.23. The Kier molecular flexibility index (Phi) is 5.34. The van der Waals surface area contributed by atoms with E-state index in [0.29, 0.717) is 11.0 Å². The van der Waals surface area contributed by atoms with Crippen LogP contribution in [0.4, 0.5) is 5.69 Å². The van der Waals surface area contributed by atoms with E-state index in [0.717, 1.165) is 5.69 Å². The van der Waals surface area contributed by atoms with E-state index in [1.54, 1.807) is 0 Å². The Balaban J connectivity index is 2.02. The summed E-state index contributed by atoms with van der Waals surface area (Å²) in [4.78, 5) is 0. The van der Waals surface area contributed by atoms with Crippen LogP contribution in [0, 0.1) is 0 Å². The molecule has 3 heteroatoms. The third-order valence-corrected chi connectivity index (χ3v) is 3.70. The lowest BCUT2D eigenvalue weighted by Crippen LogP contribution is -2.31. The van der Waals surface area contributed by atoms with Crippen molar-refractivity contribution in [2.45, 2.75) is 32.7 Å². The van der Waals surface area contributed by atoms with Gasteiger partial charge in [-0.2, -0.15) is 0 Å². The zero-order valence-electron chi connectivity index (χ0n) is 12.8. The highest BCUT2D eigenvalue weighted by atomic mass is 32.1. The average Bonchev–Trinajstić information content (AvgIpc) is 2.48. The van der Waals surface area contributed by atoms with Crippen LogP contribution in [0.15, 0.2) is 54.6 Å². The number of hydrogen-bond donors (Lipinski definition) is 2. The normalized spacial score (nSPS) is 12.0. The fraction of sp³-hybridized carbons (Fsp3) is 0.278. The van der Waals surface area contributed by atoms with Crippen molar-refractivity contribution in [1.29, 1.82) is 0 Å². The van der Waals surface area contributed by atoms with Crippen molar-refractivity contribution < 1.29 is 0 Å². The maximum Gasteiger partial charge on any atom is 0.171 e. The van der Waals surface area contributed by atoms with E-state index in [2.05, 4.69) is 61.7 Å². The highest BCUT2D eigenvalue weighted by molar-refractivity contribution is 7.80. The summed E-state index contributed by atoms with van der Waals surface area (Å²) in [5.74, 6) is 0.461. The van der Waals surface area contributed by atoms with Crippen LogP contribution in [0.2, 0.25) is 0 Å². The van der Waals surface area contributed by atoms with Crippen molar-refractivity contribution in [3.8, 4) is 0 Å². The third-order valence-electron chi connectivity index (χ3n) is 3.48. The quantitative estimate of drug-likeness (QED) is 0.788. The molecule has 0 aliphatic rings. The molecule has 0 radical (unpaired) electrons. The number of nitrogens with one attached hydrogen (secondary N) is 2. The van der Waals surface area contributed by atoms with Gasteiger partial charge < -0.3 is 10.6 Å². The number of rotatable bonds is 4. The Morgan fingerprint density at radius 2 is 1.52 bits per heavy atom. The lowest BCUT2D eigenvalue weighted by molar-refractivity contribution is 0.722. The zero-order chi connectivity index (χ0) is 15.2. The molecular weight excluding hydrogens is 276 g/mol. The minimum atomic E-state index is 0.178. The Hall–Kier alpha value is -1.87. The summed E-state index contributed by atoms with van der Waals surface area (Å²) in [6.07, 6.45) is 0. The van der Waals surface area contributed by atoms with Gasteiger partial charge in [0.2, 0.25) is 0 Å². The van der Waals surface area contributed by atoms with Crippen molar-refractivity contribution in [2.75, 3.05) is 5.32 Å². The molecule has 0 aliphatic carbocycles. The minimum absolute atomic E-state index is 0.178. The first kappa shape index (κ1) is 15.5. The average molecular weight is 298 g/mol. The predicted molar refractivity (Wildman–Crippen MR) is 94.7 cm³/mol. The second-order valence-electron chi connectivity index (χ2n) is 5.47. The summed E-state index contributed by atoms with van der Waals surface area (Å²) in [7, 11) is 0. The number of thiocarbonyl (C=S) groups is 1. The van der Waals surface area contributed by atoms with E-state index >= 15 is 0 Å². The maximum atomic E-state index is 5.44. The molecule has 1 atom stereocenters. The first-order valence-electron chi connectivity index (χ1n) is 7.29. The van der Waals surface area contributed by atoms with Crippen LogP contribution in [0.3, 0.4) is 0 Å². The summed E-state index contributed by atoms with van der Waals surface area (Å²) in [5.41, 5.74) is 3.57. The molecule has 0 aliphatic heterocycles. The molecule has 0 fully saturated rings. The molecule has 2 nitrogen and oxygen atoms in total. The molecule has 21 heavy (non-hydrogen) atoms. The highest BCUT2D eigenvalue weighted by Crippen LogP contribution is 2.23. The van der Waals surface area contributed by atoms with E-state index in [1.807, 2.05) is 24.3 Å². The first-order valence-corrected chi connectivity index (χ1v) is 7.70. The Labute approximate surface area is 132 Å². The van der Waals surface area contributed by atoms with Crippen LogP contribution in [0.5, 0.6) is 0 Å². The van der Waals surface area contributed by atoms with Crippen molar-refractivity contribution in [2.24, 2.45) is 0 Å². The summed E-state index contributed by atoms with van der Waals surface area (Å²) < 4.78 is 0. The number of anilines is 1.